The lowest BCUT2D eigenvalue weighted by Crippen LogP contribution is -2.29. The van der Waals surface area contributed by atoms with Gasteiger partial charge >= 0.3 is 5.97 Å². The summed E-state index contributed by atoms with van der Waals surface area (Å²) < 4.78 is 18.4. The van der Waals surface area contributed by atoms with Crippen LogP contribution in [0.5, 0.6) is 0 Å². The van der Waals surface area contributed by atoms with Crippen molar-refractivity contribution in [3.05, 3.63) is 35.6 Å². The van der Waals surface area contributed by atoms with E-state index in [-0.39, 0.29) is 17.7 Å². The summed E-state index contributed by atoms with van der Waals surface area (Å²) in [4.78, 5) is 12.3. The second kappa shape index (κ2) is 9.53. The molecule has 2 aliphatic rings. The van der Waals surface area contributed by atoms with Gasteiger partial charge in [0.1, 0.15) is 5.82 Å². The minimum absolute atomic E-state index is 0.0275. The lowest BCUT2D eigenvalue weighted by Gasteiger charge is -2.37. The maximum Gasteiger partial charge on any atom is 0.308 e. The van der Waals surface area contributed by atoms with Gasteiger partial charge in [-0.3, -0.25) is 4.79 Å². The Labute approximate surface area is 157 Å². The van der Waals surface area contributed by atoms with Crippen molar-refractivity contribution in [1.82, 2.24) is 0 Å². The number of hydrogen-bond acceptors (Lipinski definition) is 2. The largest absolute Gasteiger partial charge is 0.465 e. The van der Waals surface area contributed by atoms with E-state index in [0.29, 0.717) is 13.0 Å². The van der Waals surface area contributed by atoms with Crippen molar-refractivity contribution in [3.8, 4) is 0 Å². The van der Waals surface area contributed by atoms with Gasteiger partial charge in [0.15, 0.2) is 0 Å². The molecule has 2 fully saturated rings. The van der Waals surface area contributed by atoms with E-state index in [0.717, 1.165) is 36.2 Å². The number of ether oxygens (including phenoxy) is 1. The van der Waals surface area contributed by atoms with Gasteiger partial charge in [0.05, 0.1) is 12.5 Å². The Morgan fingerprint density at radius 2 is 1.54 bits per heavy atom. The van der Waals surface area contributed by atoms with Crippen molar-refractivity contribution in [2.45, 2.75) is 71.1 Å². The summed E-state index contributed by atoms with van der Waals surface area (Å²) in [5.74, 6) is 2.51. The minimum atomic E-state index is -0.231. The topological polar surface area (TPSA) is 26.3 Å². The summed E-state index contributed by atoms with van der Waals surface area (Å²) in [7, 11) is 0. The Kier molecular flexibility index (Phi) is 7.10. The third kappa shape index (κ3) is 5.31. The zero-order valence-electron chi connectivity index (χ0n) is 16.1. The first kappa shape index (κ1) is 19.4. The maximum absolute atomic E-state index is 12.9. The smallest absolute Gasteiger partial charge is 0.308 e. The van der Waals surface area contributed by atoms with Crippen LogP contribution in [0.1, 0.15) is 70.3 Å². The monoisotopic (exact) mass is 360 g/mol. The number of carbonyl (C=O) groups excluding carboxylic acids is 1. The van der Waals surface area contributed by atoms with Crippen LogP contribution in [0, 0.1) is 29.5 Å². The Bertz CT molecular complexity index is 552. The van der Waals surface area contributed by atoms with E-state index in [1.165, 1.54) is 57.1 Å². The predicted molar refractivity (Wildman–Crippen MR) is 102 cm³/mol. The van der Waals surface area contributed by atoms with Gasteiger partial charge in [-0.2, -0.15) is 0 Å². The molecule has 2 saturated carbocycles. The van der Waals surface area contributed by atoms with Gasteiger partial charge < -0.3 is 4.74 Å². The first-order valence-electron chi connectivity index (χ1n) is 10.6. The van der Waals surface area contributed by atoms with Crippen LogP contribution in [0.15, 0.2) is 24.3 Å². The summed E-state index contributed by atoms with van der Waals surface area (Å²) in [6, 6.07) is 6.40. The first-order valence-corrected chi connectivity index (χ1v) is 10.6. The minimum Gasteiger partial charge on any atom is -0.465 e. The summed E-state index contributed by atoms with van der Waals surface area (Å²) in [6.45, 7) is 2.71. The van der Waals surface area contributed by atoms with Crippen molar-refractivity contribution < 1.29 is 13.9 Å². The summed E-state index contributed by atoms with van der Waals surface area (Å²) in [5.41, 5.74) is 1.01. The van der Waals surface area contributed by atoms with Crippen molar-refractivity contribution in [2.75, 3.05) is 6.61 Å². The molecular formula is C23H33FO2. The molecule has 3 rings (SSSR count). The molecule has 0 bridgehead atoms. The highest BCUT2D eigenvalue weighted by atomic mass is 19.1. The fraction of sp³-hybridized carbons (Fsp3) is 0.696. The number of rotatable bonds is 6. The lowest BCUT2D eigenvalue weighted by molar-refractivity contribution is -0.150. The van der Waals surface area contributed by atoms with Crippen LogP contribution in [0.25, 0.3) is 0 Å². The summed E-state index contributed by atoms with van der Waals surface area (Å²) in [5, 5.41) is 0. The number of benzene rings is 1. The van der Waals surface area contributed by atoms with Crippen LogP contribution >= 0.6 is 0 Å². The molecular weight excluding hydrogens is 327 g/mol. The quantitative estimate of drug-likeness (QED) is 0.587. The number of halogens is 1. The van der Waals surface area contributed by atoms with E-state index in [2.05, 4.69) is 6.92 Å². The van der Waals surface area contributed by atoms with Gasteiger partial charge in [0, 0.05) is 6.42 Å². The zero-order valence-corrected chi connectivity index (χ0v) is 16.1. The normalized spacial score (nSPS) is 29.3. The molecule has 0 atom stereocenters. The second-order valence-electron chi connectivity index (χ2n) is 8.34. The first-order chi connectivity index (χ1) is 12.7. The van der Waals surface area contributed by atoms with E-state index in [1.54, 1.807) is 12.1 Å². The van der Waals surface area contributed by atoms with Gasteiger partial charge in [0.2, 0.25) is 0 Å². The Hall–Kier alpha value is -1.38. The van der Waals surface area contributed by atoms with Crippen LogP contribution in [0.2, 0.25) is 0 Å². The highest BCUT2D eigenvalue weighted by Crippen LogP contribution is 2.42. The molecule has 0 saturated heterocycles. The number of carbonyl (C=O) groups is 1. The van der Waals surface area contributed by atoms with Gasteiger partial charge in [0.25, 0.3) is 0 Å². The standard InChI is InChI=1S/C23H33FO2/c1-2-17-3-7-19(8-4-17)20-9-11-21(12-10-20)23(25)26-16-15-18-5-13-22(24)14-6-18/h5-6,13-14,17,19-21H,2-4,7-12,15-16H2,1H3/t17-,19-,20-,21-. The molecule has 0 heterocycles. The summed E-state index contributed by atoms with van der Waals surface area (Å²) >= 11 is 0. The lowest BCUT2D eigenvalue weighted by atomic mass is 9.69. The van der Waals surface area contributed by atoms with Crippen LogP contribution in [-0.2, 0) is 16.0 Å². The van der Waals surface area contributed by atoms with E-state index < -0.39 is 0 Å². The second-order valence-corrected chi connectivity index (χ2v) is 8.34. The molecule has 1 aromatic rings. The molecule has 0 unspecified atom stereocenters. The van der Waals surface area contributed by atoms with Gasteiger partial charge in [-0.05, 0) is 74.0 Å². The molecule has 3 heteroatoms. The average molecular weight is 361 g/mol. The third-order valence-corrected chi connectivity index (χ3v) is 6.79. The fourth-order valence-electron chi connectivity index (χ4n) is 4.93. The third-order valence-electron chi connectivity index (χ3n) is 6.79. The summed E-state index contributed by atoms with van der Waals surface area (Å²) in [6.07, 6.45) is 12.0. The zero-order chi connectivity index (χ0) is 18.4. The van der Waals surface area contributed by atoms with Crippen molar-refractivity contribution in [2.24, 2.45) is 23.7 Å². The van der Waals surface area contributed by atoms with Gasteiger partial charge in [-0.15, -0.1) is 0 Å². The molecule has 2 nitrogen and oxygen atoms in total. The number of esters is 1. The van der Waals surface area contributed by atoms with Gasteiger partial charge in [-0.25, -0.2) is 4.39 Å². The SMILES string of the molecule is CC[C@H]1CC[C@H]([C@H]2CC[C@H](C(=O)OCCc3ccc(F)cc3)CC2)CC1. The van der Waals surface area contributed by atoms with E-state index in [1.807, 2.05) is 0 Å². The predicted octanol–water partition coefficient (Wildman–Crippen LogP) is 5.93. The maximum atomic E-state index is 12.9. The average Bonchev–Trinajstić information content (AvgIpc) is 2.69. The van der Waals surface area contributed by atoms with Crippen molar-refractivity contribution in [3.63, 3.8) is 0 Å². The Morgan fingerprint density at radius 3 is 2.12 bits per heavy atom. The molecule has 0 radical (unpaired) electrons. The molecule has 0 aliphatic heterocycles. The highest BCUT2D eigenvalue weighted by molar-refractivity contribution is 5.72. The van der Waals surface area contributed by atoms with E-state index >= 15 is 0 Å². The van der Waals surface area contributed by atoms with Crippen LogP contribution in [-0.4, -0.2) is 12.6 Å². The number of hydrogen-bond donors (Lipinski definition) is 0. The van der Waals surface area contributed by atoms with Crippen molar-refractivity contribution in [1.29, 1.82) is 0 Å². The molecule has 0 N–H and O–H groups in total. The molecule has 0 aromatic heterocycles. The fourth-order valence-corrected chi connectivity index (χ4v) is 4.93. The molecule has 2 aliphatic carbocycles. The Morgan fingerprint density at radius 1 is 0.962 bits per heavy atom. The molecule has 1 aromatic carbocycles. The van der Waals surface area contributed by atoms with Crippen LogP contribution in [0.4, 0.5) is 4.39 Å². The van der Waals surface area contributed by atoms with E-state index in [9.17, 15) is 9.18 Å². The van der Waals surface area contributed by atoms with Crippen LogP contribution < -0.4 is 0 Å². The van der Waals surface area contributed by atoms with Gasteiger partial charge in [-0.1, -0.05) is 38.3 Å². The van der Waals surface area contributed by atoms with E-state index in [4.69, 9.17) is 4.74 Å². The molecule has 26 heavy (non-hydrogen) atoms. The van der Waals surface area contributed by atoms with Crippen molar-refractivity contribution >= 4 is 5.97 Å². The van der Waals surface area contributed by atoms with Crippen LogP contribution in [0.3, 0.4) is 0 Å². The molecule has 0 spiro atoms. The molecule has 144 valence electrons. The molecule has 0 amide bonds. The highest BCUT2D eigenvalue weighted by Gasteiger charge is 2.33. The Balaban J connectivity index is 1.35.